The first-order valence-corrected chi connectivity index (χ1v) is 7.58. The van der Waals surface area contributed by atoms with Crippen molar-refractivity contribution in [1.29, 1.82) is 0 Å². The Morgan fingerprint density at radius 2 is 2.19 bits per heavy atom. The van der Waals surface area contributed by atoms with E-state index in [1.807, 2.05) is 32.0 Å². The molecule has 2 aromatic rings. The maximum Gasteiger partial charge on any atom is 0.263 e. The Balaban J connectivity index is 2.38. The summed E-state index contributed by atoms with van der Waals surface area (Å²) in [5.41, 5.74) is 6.54. The average molecular weight is 308 g/mol. The Labute approximate surface area is 127 Å². The summed E-state index contributed by atoms with van der Waals surface area (Å²) in [6.07, 6.45) is 0. The third kappa shape index (κ3) is 2.96. The molecular weight excluding hydrogens is 288 g/mol. The summed E-state index contributed by atoms with van der Waals surface area (Å²) in [4.78, 5) is 12.8. The smallest absolute Gasteiger partial charge is 0.263 e. The van der Waals surface area contributed by atoms with Gasteiger partial charge in [0.05, 0.1) is 30.8 Å². The minimum atomic E-state index is -0.288. The number of fused-ring (bicyclic) bond motifs is 1. The van der Waals surface area contributed by atoms with E-state index in [2.05, 4.69) is 5.32 Å². The number of carbonyl (C=O) groups excluding carboxylic acids is 1. The first kappa shape index (κ1) is 15.6. The predicted octanol–water partition coefficient (Wildman–Crippen LogP) is 2.24. The van der Waals surface area contributed by atoms with Gasteiger partial charge in [-0.15, -0.1) is 11.3 Å². The quantitative estimate of drug-likeness (QED) is 0.791. The third-order valence-electron chi connectivity index (χ3n) is 3.46. The molecule has 0 fully saturated rings. The van der Waals surface area contributed by atoms with Gasteiger partial charge in [-0.3, -0.25) is 4.79 Å². The van der Waals surface area contributed by atoms with Crippen LogP contribution >= 0.6 is 11.3 Å². The normalized spacial score (nSPS) is 12.6. The first-order valence-electron chi connectivity index (χ1n) is 6.76. The van der Waals surface area contributed by atoms with Crippen LogP contribution in [0.3, 0.4) is 0 Å². The molecule has 0 unspecified atom stereocenters. The zero-order chi connectivity index (χ0) is 15.6. The number of anilines is 1. The fourth-order valence-corrected chi connectivity index (χ4v) is 3.18. The highest BCUT2D eigenvalue weighted by Crippen LogP contribution is 2.39. The van der Waals surface area contributed by atoms with Crippen LogP contribution in [0.15, 0.2) is 18.2 Å². The van der Waals surface area contributed by atoms with Gasteiger partial charge in [0.1, 0.15) is 10.6 Å². The van der Waals surface area contributed by atoms with Crippen molar-refractivity contribution in [1.82, 2.24) is 5.32 Å². The van der Waals surface area contributed by atoms with E-state index in [9.17, 15) is 9.90 Å². The lowest BCUT2D eigenvalue weighted by molar-refractivity contribution is 0.0902. The molecule has 0 bridgehead atoms. The van der Waals surface area contributed by atoms with Gasteiger partial charge in [-0.05, 0) is 18.1 Å². The number of carbonyl (C=O) groups is 1. The van der Waals surface area contributed by atoms with E-state index in [1.165, 1.54) is 11.3 Å². The van der Waals surface area contributed by atoms with Gasteiger partial charge in [0, 0.05) is 4.70 Å². The molecule has 0 radical (unpaired) electrons. The molecular formula is C15H20N2O3S. The number of aliphatic hydroxyl groups is 1. The van der Waals surface area contributed by atoms with Crippen LogP contribution < -0.4 is 15.8 Å². The lowest BCUT2D eigenvalue weighted by Crippen LogP contribution is -2.41. The number of nitrogens with one attached hydrogen (secondary N) is 1. The molecule has 0 aliphatic heterocycles. The van der Waals surface area contributed by atoms with Gasteiger partial charge < -0.3 is 20.9 Å². The van der Waals surface area contributed by atoms with Gasteiger partial charge in [0.2, 0.25) is 0 Å². The zero-order valence-corrected chi connectivity index (χ0v) is 13.2. The van der Waals surface area contributed by atoms with Crippen LogP contribution in [0, 0.1) is 5.92 Å². The molecule has 6 heteroatoms. The second kappa shape index (κ2) is 6.32. The molecule has 1 atom stereocenters. The van der Waals surface area contributed by atoms with Crippen molar-refractivity contribution in [3.63, 3.8) is 0 Å². The molecule has 1 amide bonds. The van der Waals surface area contributed by atoms with Crippen LogP contribution in [0.5, 0.6) is 5.75 Å². The van der Waals surface area contributed by atoms with E-state index >= 15 is 0 Å². The molecule has 114 valence electrons. The van der Waals surface area contributed by atoms with Crippen molar-refractivity contribution in [2.24, 2.45) is 5.92 Å². The molecule has 5 nitrogen and oxygen atoms in total. The predicted molar refractivity (Wildman–Crippen MR) is 86.0 cm³/mol. The van der Waals surface area contributed by atoms with E-state index in [1.54, 1.807) is 7.11 Å². The number of hydrogen-bond donors (Lipinski definition) is 3. The summed E-state index contributed by atoms with van der Waals surface area (Å²) in [5.74, 6) is 0.537. The van der Waals surface area contributed by atoms with Crippen molar-refractivity contribution < 1.29 is 14.6 Å². The SMILES string of the molecule is COc1cccc2sc(C(=O)N[C@H](CO)C(C)C)c(N)c12. The van der Waals surface area contributed by atoms with Gasteiger partial charge in [-0.1, -0.05) is 19.9 Å². The highest BCUT2D eigenvalue weighted by atomic mass is 32.1. The molecule has 0 saturated carbocycles. The maximum absolute atomic E-state index is 12.4. The van der Waals surface area contributed by atoms with Crippen molar-refractivity contribution in [2.45, 2.75) is 19.9 Å². The summed E-state index contributed by atoms with van der Waals surface area (Å²) in [7, 11) is 1.58. The lowest BCUT2D eigenvalue weighted by Gasteiger charge is -2.19. The molecule has 2 rings (SSSR count). The minimum absolute atomic E-state index is 0.0997. The minimum Gasteiger partial charge on any atom is -0.496 e. The van der Waals surface area contributed by atoms with Crippen molar-refractivity contribution >= 4 is 33.0 Å². The standard InChI is InChI=1S/C15H20N2O3S/c1-8(2)9(7-18)17-15(19)14-13(16)12-10(20-3)5-4-6-11(12)21-14/h4-6,8-9,18H,7,16H2,1-3H3,(H,17,19)/t9-/m1/s1. The molecule has 1 heterocycles. The number of nitrogens with two attached hydrogens (primary N) is 1. The van der Waals surface area contributed by atoms with Gasteiger partial charge >= 0.3 is 0 Å². The number of benzene rings is 1. The van der Waals surface area contributed by atoms with Crippen molar-refractivity contribution in [3.8, 4) is 5.75 Å². The highest BCUT2D eigenvalue weighted by Gasteiger charge is 2.22. The number of nitrogen functional groups attached to an aromatic ring is 1. The molecule has 0 saturated heterocycles. The van der Waals surface area contributed by atoms with Crippen LogP contribution in [0.25, 0.3) is 10.1 Å². The third-order valence-corrected chi connectivity index (χ3v) is 4.63. The van der Waals surface area contributed by atoms with Crippen LogP contribution in [0.1, 0.15) is 23.5 Å². The van der Waals surface area contributed by atoms with Crippen LogP contribution in [-0.4, -0.2) is 30.8 Å². The molecule has 0 spiro atoms. The lowest BCUT2D eigenvalue weighted by atomic mass is 10.1. The fraction of sp³-hybridized carbons (Fsp3) is 0.400. The average Bonchev–Trinajstić information content (AvgIpc) is 2.81. The molecule has 0 aliphatic carbocycles. The summed E-state index contributed by atoms with van der Waals surface area (Å²) < 4.78 is 6.20. The summed E-state index contributed by atoms with van der Waals surface area (Å²) in [5, 5.41) is 12.9. The molecule has 21 heavy (non-hydrogen) atoms. The first-order chi connectivity index (χ1) is 9.99. The highest BCUT2D eigenvalue weighted by molar-refractivity contribution is 7.21. The Hall–Kier alpha value is -1.79. The number of aliphatic hydroxyl groups excluding tert-OH is 1. The number of rotatable bonds is 5. The number of ether oxygens (including phenoxy) is 1. The Bertz CT molecular complexity index is 652. The Kier molecular flexibility index (Phi) is 4.69. The maximum atomic E-state index is 12.4. The zero-order valence-electron chi connectivity index (χ0n) is 12.3. The monoisotopic (exact) mass is 308 g/mol. The van der Waals surface area contributed by atoms with Gasteiger partial charge in [0.15, 0.2) is 0 Å². The molecule has 0 aliphatic rings. The largest absolute Gasteiger partial charge is 0.496 e. The topological polar surface area (TPSA) is 84.6 Å². The Morgan fingerprint density at radius 1 is 1.48 bits per heavy atom. The second-order valence-electron chi connectivity index (χ2n) is 5.18. The molecule has 1 aromatic heterocycles. The summed E-state index contributed by atoms with van der Waals surface area (Å²) in [6.45, 7) is 3.79. The number of hydrogen-bond acceptors (Lipinski definition) is 5. The molecule has 1 aromatic carbocycles. The van der Waals surface area contributed by atoms with Gasteiger partial charge in [-0.25, -0.2) is 0 Å². The number of amides is 1. The van der Waals surface area contributed by atoms with E-state index in [-0.39, 0.29) is 24.5 Å². The van der Waals surface area contributed by atoms with E-state index in [0.29, 0.717) is 16.3 Å². The van der Waals surface area contributed by atoms with Gasteiger partial charge in [-0.2, -0.15) is 0 Å². The van der Waals surface area contributed by atoms with E-state index in [4.69, 9.17) is 10.5 Å². The van der Waals surface area contributed by atoms with E-state index < -0.39 is 0 Å². The van der Waals surface area contributed by atoms with Crippen LogP contribution in [0.4, 0.5) is 5.69 Å². The van der Waals surface area contributed by atoms with Gasteiger partial charge in [0.25, 0.3) is 5.91 Å². The Morgan fingerprint density at radius 3 is 2.76 bits per heavy atom. The van der Waals surface area contributed by atoms with Crippen LogP contribution in [-0.2, 0) is 0 Å². The summed E-state index contributed by atoms with van der Waals surface area (Å²) >= 11 is 1.33. The van der Waals surface area contributed by atoms with E-state index in [0.717, 1.165) is 10.1 Å². The number of methoxy groups -OCH3 is 1. The van der Waals surface area contributed by atoms with Crippen molar-refractivity contribution in [3.05, 3.63) is 23.1 Å². The van der Waals surface area contributed by atoms with Crippen molar-refractivity contribution in [2.75, 3.05) is 19.5 Å². The second-order valence-corrected chi connectivity index (χ2v) is 6.24. The van der Waals surface area contributed by atoms with Crippen LogP contribution in [0.2, 0.25) is 0 Å². The summed E-state index contributed by atoms with van der Waals surface area (Å²) in [6, 6.07) is 5.30. The number of thiophene rings is 1. The molecule has 4 N–H and O–H groups in total. The fourth-order valence-electron chi connectivity index (χ4n) is 2.14.